The topological polar surface area (TPSA) is 101 Å². The van der Waals surface area contributed by atoms with Gasteiger partial charge in [0.2, 0.25) is 0 Å². The molecule has 7 heteroatoms. The molecule has 0 radical (unpaired) electrons. The third kappa shape index (κ3) is 2.97. The van der Waals surface area contributed by atoms with Gasteiger partial charge in [0.25, 0.3) is 0 Å². The summed E-state index contributed by atoms with van der Waals surface area (Å²) in [6.45, 7) is 0. The Balaban J connectivity index is 3.08. The molecule has 0 bridgehead atoms. The van der Waals surface area contributed by atoms with Gasteiger partial charge in [-0.25, -0.2) is 13.6 Å². The molecule has 0 spiro atoms. The Bertz CT molecular complexity index is 476. The van der Waals surface area contributed by atoms with E-state index in [0.717, 1.165) is 0 Å². The second kappa shape index (κ2) is 4.88. The van der Waals surface area contributed by atoms with Crippen LogP contribution in [-0.2, 0) is 11.2 Å². The van der Waals surface area contributed by atoms with E-state index in [0.29, 0.717) is 12.1 Å². The monoisotopic (exact) mass is 245 g/mol. The molecular weight excluding hydrogens is 236 g/mol. The van der Waals surface area contributed by atoms with E-state index in [1.165, 1.54) is 0 Å². The summed E-state index contributed by atoms with van der Waals surface area (Å²) in [5.74, 6) is -5.09. The van der Waals surface area contributed by atoms with Crippen molar-refractivity contribution in [3.63, 3.8) is 0 Å². The van der Waals surface area contributed by atoms with Gasteiger partial charge in [0.1, 0.15) is 17.7 Å². The predicted molar refractivity (Wildman–Crippen MR) is 52.6 cm³/mol. The summed E-state index contributed by atoms with van der Waals surface area (Å²) >= 11 is 0. The fraction of sp³-hybridized carbons (Fsp3) is 0.200. The molecular formula is C10H9F2NO4. The number of halogens is 2. The highest BCUT2D eigenvalue weighted by Crippen LogP contribution is 2.16. The number of aromatic carboxylic acids is 1. The van der Waals surface area contributed by atoms with Gasteiger partial charge in [0.15, 0.2) is 0 Å². The lowest BCUT2D eigenvalue weighted by Gasteiger charge is -2.08. The third-order valence-electron chi connectivity index (χ3n) is 2.12. The van der Waals surface area contributed by atoms with Crippen LogP contribution in [0.2, 0.25) is 0 Å². The summed E-state index contributed by atoms with van der Waals surface area (Å²) in [6, 6.07) is -0.233. The van der Waals surface area contributed by atoms with E-state index >= 15 is 0 Å². The van der Waals surface area contributed by atoms with Gasteiger partial charge in [-0.05, 0) is 17.7 Å². The van der Waals surface area contributed by atoms with Crippen molar-refractivity contribution in [2.75, 3.05) is 0 Å². The van der Waals surface area contributed by atoms with Crippen LogP contribution in [0.3, 0.4) is 0 Å². The van der Waals surface area contributed by atoms with Gasteiger partial charge < -0.3 is 15.9 Å². The van der Waals surface area contributed by atoms with Crippen LogP contribution in [0.5, 0.6) is 0 Å². The molecule has 92 valence electrons. The van der Waals surface area contributed by atoms with Gasteiger partial charge in [0.05, 0.1) is 5.56 Å². The largest absolute Gasteiger partial charge is 0.480 e. The zero-order chi connectivity index (χ0) is 13.2. The first-order valence-corrected chi connectivity index (χ1v) is 4.52. The maximum absolute atomic E-state index is 13.3. The fourth-order valence-corrected chi connectivity index (χ4v) is 1.23. The van der Waals surface area contributed by atoms with Crippen molar-refractivity contribution in [1.82, 2.24) is 0 Å². The summed E-state index contributed by atoms with van der Waals surface area (Å²) in [6.07, 6.45) is -0.419. The summed E-state index contributed by atoms with van der Waals surface area (Å²) in [5, 5.41) is 17.0. The second-order valence-electron chi connectivity index (χ2n) is 3.38. The Morgan fingerprint density at radius 3 is 2.29 bits per heavy atom. The Kier molecular flexibility index (Phi) is 3.74. The van der Waals surface area contributed by atoms with E-state index in [1.807, 2.05) is 0 Å². The van der Waals surface area contributed by atoms with Crippen molar-refractivity contribution in [1.29, 1.82) is 0 Å². The van der Waals surface area contributed by atoms with Gasteiger partial charge in [-0.15, -0.1) is 0 Å². The molecule has 0 heterocycles. The first-order valence-electron chi connectivity index (χ1n) is 4.52. The first kappa shape index (κ1) is 13.0. The molecule has 1 unspecified atom stereocenters. The number of carbonyl (C=O) groups is 2. The van der Waals surface area contributed by atoms with Crippen molar-refractivity contribution in [2.45, 2.75) is 12.5 Å². The lowest BCUT2D eigenvalue weighted by atomic mass is 10.0. The second-order valence-corrected chi connectivity index (χ2v) is 3.38. The molecule has 4 N–H and O–H groups in total. The molecule has 0 aromatic heterocycles. The average Bonchev–Trinajstić information content (AvgIpc) is 2.22. The zero-order valence-corrected chi connectivity index (χ0v) is 8.48. The average molecular weight is 245 g/mol. The van der Waals surface area contributed by atoms with Gasteiger partial charge in [0, 0.05) is 6.42 Å². The number of nitrogens with two attached hydrogens (primary N) is 1. The number of carboxylic acid groups (broad SMARTS) is 2. The Labute approximate surface area is 94.5 Å². The van der Waals surface area contributed by atoms with E-state index in [2.05, 4.69) is 0 Å². The van der Waals surface area contributed by atoms with E-state index in [-0.39, 0.29) is 5.56 Å². The van der Waals surface area contributed by atoms with Crippen LogP contribution in [0.1, 0.15) is 15.9 Å². The van der Waals surface area contributed by atoms with Crippen molar-refractivity contribution in [3.05, 3.63) is 34.9 Å². The minimum atomic E-state index is -1.60. The normalized spacial score (nSPS) is 12.2. The van der Waals surface area contributed by atoms with Crippen molar-refractivity contribution < 1.29 is 28.6 Å². The highest BCUT2D eigenvalue weighted by Gasteiger charge is 2.19. The Morgan fingerprint density at radius 1 is 1.24 bits per heavy atom. The molecule has 0 amide bonds. The molecule has 1 rings (SSSR count). The van der Waals surface area contributed by atoms with E-state index in [9.17, 15) is 18.4 Å². The Hall–Kier alpha value is -2.02. The minimum absolute atomic E-state index is 0.276. The molecule has 0 saturated heterocycles. The molecule has 0 aliphatic heterocycles. The van der Waals surface area contributed by atoms with Crippen LogP contribution < -0.4 is 5.73 Å². The standard InChI is InChI=1S/C10H9F2NO4/c11-6-3-5(9(14)15)7(12)1-4(6)2-8(13)10(16)17/h1,3,8H,2,13H2,(H,14,15)(H,16,17). The van der Waals surface area contributed by atoms with Crippen LogP contribution in [-0.4, -0.2) is 28.2 Å². The molecule has 5 nitrogen and oxygen atoms in total. The molecule has 0 aliphatic carbocycles. The number of hydrogen-bond acceptors (Lipinski definition) is 3. The molecule has 17 heavy (non-hydrogen) atoms. The van der Waals surface area contributed by atoms with Crippen LogP contribution in [0, 0.1) is 11.6 Å². The molecule has 1 aromatic rings. The predicted octanol–water partition coefficient (Wildman–Crippen LogP) is 0.617. The summed E-state index contributed by atoms with van der Waals surface area (Å²) in [4.78, 5) is 20.9. The van der Waals surface area contributed by atoms with Gasteiger partial charge in [-0.2, -0.15) is 0 Å². The smallest absolute Gasteiger partial charge is 0.338 e. The lowest BCUT2D eigenvalue weighted by Crippen LogP contribution is -2.32. The van der Waals surface area contributed by atoms with Gasteiger partial charge in [-0.3, -0.25) is 4.79 Å². The third-order valence-corrected chi connectivity index (χ3v) is 2.12. The number of benzene rings is 1. The van der Waals surface area contributed by atoms with E-state index in [1.54, 1.807) is 0 Å². The maximum atomic E-state index is 13.3. The fourth-order valence-electron chi connectivity index (χ4n) is 1.23. The molecule has 0 fully saturated rings. The molecule has 0 aliphatic rings. The SMILES string of the molecule is NC(Cc1cc(F)c(C(=O)O)cc1F)C(=O)O. The van der Waals surface area contributed by atoms with E-state index < -0.39 is 41.6 Å². The van der Waals surface area contributed by atoms with E-state index in [4.69, 9.17) is 15.9 Å². The number of rotatable bonds is 4. The van der Waals surface area contributed by atoms with Crippen molar-refractivity contribution >= 4 is 11.9 Å². The number of aliphatic carboxylic acids is 1. The minimum Gasteiger partial charge on any atom is -0.480 e. The van der Waals surface area contributed by atoms with Crippen molar-refractivity contribution in [2.24, 2.45) is 5.73 Å². The number of carboxylic acids is 2. The van der Waals surface area contributed by atoms with Crippen molar-refractivity contribution in [3.8, 4) is 0 Å². The van der Waals surface area contributed by atoms with Crippen LogP contribution in [0.4, 0.5) is 8.78 Å². The molecule has 1 atom stereocenters. The molecule has 0 saturated carbocycles. The number of hydrogen-bond donors (Lipinski definition) is 3. The van der Waals surface area contributed by atoms with Crippen LogP contribution in [0.25, 0.3) is 0 Å². The summed E-state index contributed by atoms with van der Waals surface area (Å²) < 4.78 is 26.5. The summed E-state index contributed by atoms with van der Waals surface area (Å²) in [5.41, 5.74) is 4.07. The highest BCUT2D eigenvalue weighted by atomic mass is 19.1. The lowest BCUT2D eigenvalue weighted by molar-refractivity contribution is -0.138. The maximum Gasteiger partial charge on any atom is 0.338 e. The van der Waals surface area contributed by atoms with Crippen LogP contribution in [0.15, 0.2) is 12.1 Å². The van der Waals surface area contributed by atoms with Crippen LogP contribution >= 0.6 is 0 Å². The highest BCUT2D eigenvalue weighted by molar-refractivity contribution is 5.88. The van der Waals surface area contributed by atoms with Gasteiger partial charge in [-0.1, -0.05) is 0 Å². The summed E-state index contributed by atoms with van der Waals surface area (Å²) in [7, 11) is 0. The molecule has 1 aromatic carbocycles. The van der Waals surface area contributed by atoms with Gasteiger partial charge >= 0.3 is 11.9 Å². The first-order chi connectivity index (χ1) is 7.82. The quantitative estimate of drug-likeness (QED) is 0.721. The Morgan fingerprint density at radius 2 is 1.82 bits per heavy atom. The zero-order valence-electron chi connectivity index (χ0n) is 8.48.